The number of amides is 1. The van der Waals surface area contributed by atoms with Crippen LogP contribution in [0.3, 0.4) is 0 Å². The topological polar surface area (TPSA) is 55.7 Å². The van der Waals surface area contributed by atoms with E-state index in [-0.39, 0.29) is 0 Å². The highest BCUT2D eigenvalue weighted by molar-refractivity contribution is 6.13. The summed E-state index contributed by atoms with van der Waals surface area (Å²) in [7, 11) is 1.25. The minimum absolute atomic E-state index is 0.449. The van der Waals surface area contributed by atoms with Gasteiger partial charge >= 0.3 is 5.97 Å². The fourth-order valence-electron chi connectivity index (χ4n) is 1.06. The molecule has 1 unspecified atom stereocenters. The van der Waals surface area contributed by atoms with Gasteiger partial charge in [-0.3, -0.25) is 9.59 Å². The molecule has 0 N–H and O–H groups in total. The minimum atomic E-state index is -0.853. The fraction of sp³-hybridized carbons (Fsp3) is 0.444. The summed E-state index contributed by atoms with van der Waals surface area (Å²) >= 11 is 0. The van der Waals surface area contributed by atoms with E-state index in [0.717, 1.165) is 5.57 Å². The summed E-state index contributed by atoms with van der Waals surface area (Å²) in [6.07, 6.45) is 1.58. The molecule has 0 aromatic rings. The number of carbonyl (C=O) groups is 2. The smallest absolute Gasteiger partial charge is 0.322 e. The first-order valence-electron chi connectivity index (χ1n) is 3.92. The third-order valence-corrected chi connectivity index (χ3v) is 1.99. The summed E-state index contributed by atoms with van der Waals surface area (Å²) in [5.74, 6) is -1.86. The molecule has 13 heavy (non-hydrogen) atoms. The van der Waals surface area contributed by atoms with Crippen LogP contribution in [-0.4, -0.2) is 24.7 Å². The highest BCUT2D eigenvalue weighted by Gasteiger charge is 2.28. The number of allylic oxidation sites excluding steroid dienone is 1. The molecule has 1 amide bonds. The molecule has 0 bridgehead atoms. The van der Waals surface area contributed by atoms with Crippen molar-refractivity contribution in [2.24, 2.45) is 10.9 Å². The molecule has 0 spiro atoms. The first-order valence-corrected chi connectivity index (χ1v) is 3.92. The lowest BCUT2D eigenvalue weighted by molar-refractivity contribution is -0.147. The molecule has 0 fully saturated rings. The van der Waals surface area contributed by atoms with Crippen molar-refractivity contribution in [1.29, 1.82) is 0 Å². The molecule has 0 aromatic heterocycles. The van der Waals surface area contributed by atoms with E-state index in [2.05, 4.69) is 9.73 Å². The van der Waals surface area contributed by atoms with Crippen LogP contribution in [-0.2, 0) is 14.3 Å². The Hall–Kier alpha value is -1.45. The summed E-state index contributed by atoms with van der Waals surface area (Å²) in [6, 6.07) is 0. The monoisotopic (exact) mass is 181 g/mol. The number of hydrogen-bond acceptors (Lipinski definition) is 3. The maximum atomic E-state index is 11.2. The molecule has 4 nitrogen and oxygen atoms in total. The summed E-state index contributed by atoms with van der Waals surface area (Å²) in [5, 5.41) is 0. The SMILES string of the molecule is COC(=O)C1C=C(C)C(C)=NC1=O. The van der Waals surface area contributed by atoms with Gasteiger partial charge in [-0.25, -0.2) is 4.99 Å². The highest BCUT2D eigenvalue weighted by Crippen LogP contribution is 2.15. The van der Waals surface area contributed by atoms with Gasteiger partial charge in [-0.1, -0.05) is 6.08 Å². The molecule has 0 saturated carbocycles. The van der Waals surface area contributed by atoms with Crippen LogP contribution >= 0.6 is 0 Å². The van der Waals surface area contributed by atoms with E-state index in [9.17, 15) is 9.59 Å². The van der Waals surface area contributed by atoms with Gasteiger partial charge in [0, 0.05) is 5.71 Å². The zero-order valence-corrected chi connectivity index (χ0v) is 7.83. The molecule has 1 rings (SSSR count). The van der Waals surface area contributed by atoms with Crippen molar-refractivity contribution < 1.29 is 14.3 Å². The van der Waals surface area contributed by atoms with E-state index in [0.29, 0.717) is 5.71 Å². The molecule has 4 heteroatoms. The van der Waals surface area contributed by atoms with E-state index in [1.54, 1.807) is 19.9 Å². The summed E-state index contributed by atoms with van der Waals surface area (Å²) < 4.78 is 4.47. The van der Waals surface area contributed by atoms with E-state index >= 15 is 0 Å². The van der Waals surface area contributed by atoms with Crippen LogP contribution in [0.15, 0.2) is 16.6 Å². The van der Waals surface area contributed by atoms with Gasteiger partial charge in [0.15, 0.2) is 5.92 Å². The number of esters is 1. The van der Waals surface area contributed by atoms with Crippen LogP contribution < -0.4 is 0 Å². The third-order valence-electron chi connectivity index (χ3n) is 1.99. The van der Waals surface area contributed by atoms with E-state index in [1.807, 2.05) is 0 Å². The average molecular weight is 181 g/mol. The molecule has 0 aliphatic carbocycles. The van der Waals surface area contributed by atoms with Crippen LogP contribution in [0, 0.1) is 5.92 Å². The van der Waals surface area contributed by atoms with Crippen molar-refractivity contribution in [2.75, 3.05) is 7.11 Å². The van der Waals surface area contributed by atoms with Crippen LogP contribution in [0.25, 0.3) is 0 Å². The van der Waals surface area contributed by atoms with Gasteiger partial charge in [0.25, 0.3) is 5.91 Å². The highest BCUT2D eigenvalue weighted by atomic mass is 16.5. The molecule has 0 radical (unpaired) electrons. The Morgan fingerprint density at radius 1 is 1.54 bits per heavy atom. The molecule has 0 aromatic carbocycles. The van der Waals surface area contributed by atoms with Gasteiger partial charge < -0.3 is 4.74 Å². The number of rotatable bonds is 1. The van der Waals surface area contributed by atoms with E-state index in [1.165, 1.54) is 7.11 Å². The van der Waals surface area contributed by atoms with Gasteiger partial charge in [-0.15, -0.1) is 0 Å². The predicted molar refractivity (Wildman–Crippen MR) is 47.4 cm³/mol. The van der Waals surface area contributed by atoms with Gasteiger partial charge in [-0.05, 0) is 19.4 Å². The largest absolute Gasteiger partial charge is 0.468 e. The van der Waals surface area contributed by atoms with Crippen molar-refractivity contribution in [3.63, 3.8) is 0 Å². The molecule has 0 saturated heterocycles. The third kappa shape index (κ3) is 1.83. The maximum absolute atomic E-state index is 11.2. The standard InChI is InChI=1S/C9H11NO3/c1-5-4-7(9(12)13-3)8(11)10-6(5)2/h4,7H,1-3H3. The fourth-order valence-corrected chi connectivity index (χ4v) is 1.06. The number of nitrogens with zero attached hydrogens (tertiary/aromatic N) is 1. The zero-order valence-electron chi connectivity index (χ0n) is 7.83. The molecule has 1 aliphatic heterocycles. The normalized spacial score (nSPS) is 22.1. The molecular weight excluding hydrogens is 170 g/mol. The van der Waals surface area contributed by atoms with Crippen molar-refractivity contribution in [2.45, 2.75) is 13.8 Å². The number of carbonyl (C=O) groups excluding carboxylic acids is 2. The van der Waals surface area contributed by atoms with Gasteiger partial charge in [0.05, 0.1) is 7.11 Å². The molecule has 1 heterocycles. The Labute approximate surface area is 76.3 Å². The predicted octanol–water partition coefficient (Wildman–Crippen LogP) is 0.723. The Morgan fingerprint density at radius 3 is 2.69 bits per heavy atom. The lowest BCUT2D eigenvalue weighted by atomic mass is 10.00. The lowest BCUT2D eigenvalue weighted by Crippen LogP contribution is -2.26. The van der Waals surface area contributed by atoms with Crippen LogP contribution in [0.2, 0.25) is 0 Å². The minimum Gasteiger partial charge on any atom is -0.468 e. The number of hydrogen-bond donors (Lipinski definition) is 0. The number of ether oxygens (including phenoxy) is 1. The van der Waals surface area contributed by atoms with Gasteiger partial charge in [0.2, 0.25) is 0 Å². The first kappa shape index (κ1) is 9.64. The second-order valence-corrected chi connectivity index (χ2v) is 2.89. The number of methoxy groups -OCH3 is 1. The summed E-state index contributed by atoms with van der Waals surface area (Å²) in [5.41, 5.74) is 1.50. The Morgan fingerprint density at radius 2 is 2.15 bits per heavy atom. The Kier molecular flexibility index (Phi) is 2.60. The summed E-state index contributed by atoms with van der Waals surface area (Å²) in [6.45, 7) is 3.54. The van der Waals surface area contributed by atoms with Crippen LogP contribution in [0.5, 0.6) is 0 Å². The van der Waals surface area contributed by atoms with E-state index < -0.39 is 17.8 Å². The first-order chi connectivity index (χ1) is 6.06. The number of aliphatic imine (C=N–C) groups is 1. The Bertz CT molecular complexity index is 315. The van der Waals surface area contributed by atoms with E-state index in [4.69, 9.17) is 0 Å². The second-order valence-electron chi connectivity index (χ2n) is 2.89. The number of dihydropyridines is 1. The second kappa shape index (κ2) is 3.51. The molecular formula is C9H11NO3. The van der Waals surface area contributed by atoms with Crippen molar-refractivity contribution in [3.05, 3.63) is 11.6 Å². The lowest BCUT2D eigenvalue weighted by Gasteiger charge is -2.13. The van der Waals surface area contributed by atoms with Crippen LogP contribution in [0.4, 0.5) is 0 Å². The van der Waals surface area contributed by atoms with Crippen molar-refractivity contribution in [1.82, 2.24) is 0 Å². The maximum Gasteiger partial charge on any atom is 0.322 e. The molecule has 1 aliphatic rings. The Balaban J connectivity index is 2.93. The average Bonchev–Trinajstić information content (AvgIpc) is 2.10. The summed E-state index contributed by atoms with van der Waals surface area (Å²) in [4.78, 5) is 26.0. The van der Waals surface area contributed by atoms with Gasteiger partial charge in [0.1, 0.15) is 0 Å². The molecule has 1 atom stereocenters. The zero-order chi connectivity index (χ0) is 10.0. The van der Waals surface area contributed by atoms with Crippen LogP contribution in [0.1, 0.15) is 13.8 Å². The molecule has 70 valence electrons. The van der Waals surface area contributed by atoms with Crippen molar-refractivity contribution >= 4 is 17.6 Å². The van der Waals surface area contributed by atoms with Gasteiger partial charge in [-0.2, -0.15) is 0 Å². The quantitative estimate of drug-likeness (QED) is 0.442. The van der Waals surface area contributed by atoms with Crippen molar-refractivity contribution in [3.8, 4) is 0 Å².